The van der Waals surface area contributed by atoms with Gasteiger partial charge in [-0.2, -0.15) is 0 Å². The van der Waals surface area contributed by atoms with Gasteiger partial charge in [-0.1, -0.05) is 64.5 Å². The van der Waals surface area contributed by atoms with E-state index in [1.165, 1.54) is 47.9 Å². The number of fused-ring (bicyclic) bond motifs is 5. The van der Waals surface area contributed by atoms with Crippen molar-refractivity contribution in [2.45, 2.75) is 50.2 Å². The molecule has 3 aromatic carbocycles. The van der Waals surface area contributed by atoms with Crippen molar-refractivity contribution in [3.8, 4) is 22.4 Å². The molecule has 0 bridgehead atoms. The zero-order valence-electron chi connectivity index (χ0n) is 21.0. The monoisotopic (exact) mass is 565 g/mol. The number of imidazole rings is 1. The zero-order valence-corrected chi connectivity index (χ0v) is 22.6. The second kappa shape index (κ2) is 8.06. The number of nitrogens with one attached hydrogen (secondary N) is 1. The third kappa shape index (κ3) is 3.49. The number of amides is 1. The minimum Gasteiger partial charge on any atom is -0.445 e. The van der Waals surface area contributed by atoms with Crippen molar-refractivity contribution in [3.63, 3.8) is 0 Å². The average Bonchev–Trinajstić information content (AvgIpc) is 3.77. The lowest BCUT2D eigenvalue weighted by atomic mass is 9.92. The molecule has 1 saturated heterocycles. The van der Waals surface area contributed by atoms with Gasteiger partial charge in [0.25, 0.3) is 0 Å². The maximum absolute atomic E-state index is 13.2. The number of hydrogen-bond acceptors (Lipinski definition) is 3. The molecule has 1 amide bonds. The molecular weight excluding hydrogens is 538 g/mol. The number of hydrogen-bond donors (Lipinski definition) is 1. The van der Waals surface area contributed by atoms with Crippen LogP contribution in [0.1, 0.15) is 60.7 Å². The first-order valence-corrected chi connectivity index (χ1v) is 14.3. The average molecular weight is 566 g/mol. The third-order valence-corrected chi connectivity index (χ3v) is 9.69. The molecule has 6 heteroatoms. The van der Waals surface area contributed by atoms with Crippen LogP contribution < -0.4 is 0 Å². The van der Waals surface area contributed by atoms with Crippen molar-refractivity contribution in [3.05, 3.63) is 99.9 Å². The summed E-state index contributed by atoms with van der Waals surface area (Å²) in [6.07, 6.45) is 7.36. The Morgan fingerprint density at radius 3 is 2.53 bits per heavy atom. The molecule has 3 aliphatic carbocycles. The summed E-state index contributed by atoms with van der Waals surface area (Å²) < 4.78 is 6.88. The van der Waals surface area contributed by atoms with Gasteiger partial charge in [-0.15, -0.1) is 0 Å². The number of aromatic nitrogens is 2. The van der Waals surface area contributed by atoms with E-state index in [0.717, 1.165) is 40.1 Å². The Kier molecular flexibility index (Phi) is 4.79. The first kappa shape index (κ1) is 22.6. The number of likely N-dealkylation sites (tertiary alicyclic amines) is 1. The number of ether oxygens (including phenoxy) is 1. The quantitative estimate of drug-likeness (QED) is 0.275. The molecule has 8 rings (SSSR count). The van der Waals surface area contributed by atoms with Crippen LogP contribution >= 0.6 is 15.9 Å². The lowest BCUT2D eigenvalue weighted by Crippen LogP contribution is -2.32. The van der Waals surface area contributed by atoms with E-state index in [0.29, 0.717) is 0 Å². The predicted octanol–water partition coefficient (Wildman–Crippen LogP) is 7.76. The van der Waals surface area contributed by atoms with Gasteiger partial charge in [0.2, 0.25) is 0 Å². The first-order valence-electron chi connectivity index (χ1n) is 13.5. The normalized spacial score (nSPS) is 21.0. The highest BCUT2D eigenvalue weighted by Gasteiger charge is 2.55. The highest BCUT2D eigenvalue weighted by molar-refractivity contribution is 9.10. The highest BCUT2D eigenvalue weighted by Crippen LogP contribution is 2.63. The largest absolute Gasteiger partial charge is 0.445 e. The Balaban J connectivity index is 1.07. The molecule has 190 valence electrons. The number of carbonyl (C=O) groups excluding carboxylic acids is 1. The van der Waals surface area contributed by atoms with Gasteiger partial charge in [0.05, 0.1) is 17.9 Å². The standard InChI is InChI=1S/C32H28BrN3O2/c33-22-7-9-24-23-8-6-21(14-25(23)32(12-13-32)26(24)15-22)27-17-34-29(35-27)28-16-31(10-11-31)19-36(28)30(37)38-18-20-4-2-1-3-5-20/h1-9,14-15,17,28H,10-13,16,18-19H2,(H,34,35)/t28-/m0/s1. The molecule has 1 aromatic heterocycles. The summed E-state index contributed by atoms with van der Waals surface area (Å²) >= 11 is 3.67. The molecule has 3 fully saturated rings. The summed E-state index contributed by atoms with van der Waals surface area (Å²) in [4.78, 5) is 23.5. The fraction of sp³-hybridized carbons (Fsp3) is 0.312. The van der Waals surface area contributed by atoms with Gasteiger partial charge in [0, 0.05) is 16.4 Å². The molecule has 2 heterocycles. The van der Waals surface area contributed by atoms with Crippen LogP contribution in [-0.4, -0.2) is 27.5 Å². The summed E-state index contributed by atoms with van der Waals surface area (Å²) in [5, 5.41) is 0. The Labute approximate surface area is 230 Å². The molecule has 1 aliphatic heterocycles. The van der Waals surface area contributed by atoms with E-state index in [4.69, 9.17) is 9.72 Å². The molecule has 0 unspecified atom stereocenters. The molecule has 1 N–H and O–H groups in total. The fourth-order valence-corrected chi connectivity index (χ4v) is 7.15. The molecule has 2 saturated carbocycles. The Morgan fingerprint density at radius 1 is 1.00 bits per heavy atom. The summed E-state index contributed by atoms with van der Waals surface area (Å²) in [5.41, 5.74) is 9.15. The van der Waals surface area contributed by atoms with E-state index < -0.39 is 0 Å². The Bertz CT molecular complexity index is 1590. The van der Waals surface area contributed by atoms with Crippen molar-refractivity contribution < 1.29 is 9.53 Å². The Morgan fingerprint density at radius 2 is 1.76 bits per heavy atom. The smallest absolute Gasteiger partial charge is 0.410 e. The van der Waals surface area contributed by atoms with Crippen LogP contribution in [0.2, 0.25) is 0 Å². The molecule has 5 nitrogen and oxygen atoms in total. The van der Waals surface area contributed by atoms with E-state index in [1.807, 2.05) is 41.4 Å². The van der Waals surface area contributed by atoms with E-state index in [-0.39, 0.29) is 29.6 Å². The number of benzene rings is 3. The topological polar surface area (TPSA) is 58.2 Å². The van der Waals surface area contributed by atoms with Gasteiger partial charge in [0.1, 0.15) is 12.4 Å². The van der Waals surface area contributed by atoms with Crippen molar-refractivity contribution in [1.29, 1.82) is 0 Å². The molecule has 38 heavy (non-hydrogen) atoms. The second-order valence-corrected chi connectivity index (χ2v) is 12.5. The summed E-state index contributed by atoms with van der Waals surface area (Å²) in [7, 11) is 0. The summed E-state index contributed by atoms with van der Waals surface area (Å²) in [5.74, 6) is 0.856. The van der Waals surface area contributed by atoms with Crippen molar-refractivity contribution in [2.75, 3.05) is 6.54 Å². The van der Waals surface area contributed by atoms with E-state index >= 15 is 0 Å². The van der Waals surface area contributed by atoms with Crippen LogP contribution in [0.4, 0.5) is 4.79 Å². The van der Waals surface area contributed by atoms with E-state index in [9.17, 15) is 4.79 Å². The molecule has 1 atom stereocenters. The van der Waals surface area contributed by atoms with Crippen LogP contribution in [0.3, 0.4) is 0 Å². The Hall–Kier alpha value is -3.38. The highest BCUT2D eigenvalue weighted by atomic mass is 79.9. The van der Waals surface area contributed by atoms with Crippen LogP contribution in [0.15, 0.2) is 77.4 Å². The lowest BCUT2D eigenvalue weighted by molar-refractivity contribution is 0.0899. The van der Waals surface area contributed by atoms with Gasteiger partial charge in [-0.05, 0) is 89.1 Å². The summed E-state index contributed by atoms with van der Waals surface area (Å²) in [6, 6.07) is 23.3. The van der Waals surface area contributed by atoms with Gasteiger partial charge in [-0.25, -0.2) is 9.78 Å². The van der Waals surface area contributed by atoms with Crippen LogP contribution in [0.25, 0.3) is 22.4 Å². The lowest BCUT2D eigenvalue weighted by Gasteiger charge is -2.22. The molecule has 2 spiro atoms. The molecular formula is C32H28BrN3O2. The minimum atomic E-state index is -0.252. The van der Waals surface area contributed by atoms with Crippen LogP contribution in [0.5, 0.6) is 0 Å². The zero-order chi connectivity index (χ0) is 25.5. The van der Waals surface area contributed by atoms with Crippen molar-refractivity contribution >= 4 is 22.0 Å². The number of halogens is 1. The van der Waals surface area contributed by atoms with Gasteiger partial charge >= 0.3 is 6.09 Å². The molecule has 4 aromatic rings. The van der Waals surface area contributed by atoms with Gasteiger partial charge < -0.3 is 9.72 Å². The second-order valence-electron chi connectivity index (χ2n) is 11.6. The SMILES string of the molecule is O=C(OCc1ccccc1)N1CC2(CC2)C[C@H]1c1ncc(-c2ccc3c(c2)C2(CC2)c2cc(Br)ccc2-3)[nH]1. The third-order valence-electron chi connectivity index (χ3n) is 9.20. The van der Waals surface area contributed by atoms with E-state index in [2.05, 4.69) is 57.3 Å². The molecule has 4 aliphatic rings. The molecule has 0 radical (unpaired) electrons. The number of carbonyl (C=O) groups is 1. The minimum absolute atomic E-state index is 0.0830. The van der Waals surface area contributed by atoms with E-state index in [1.54, 1.807) is 0 Å². The first-order chi connectivity index (χ1) is 18.5. The maximum atomic E-state index is 13.2. The fourth-order valence-electron chi connectivity index (χ4n) is 6.79. The number of nitrogens with zero attached hydrogens (tertiary/aromatic N) is 2. The number of aromatic amines is 1. The van der Waals surface area contributed by atoms with Crippen LogP contribution in [-0.2, 0) is 16.8 Å². The number of rotatable bonds is 4. The maximum Gasteiger partial charge on any atom is 0.410 e. The van der Waals surface area contributed by atoms with Gasteiger partial charge in [-0.3, -0.25) is 4.90 Å². The van der Waals surface area contributed by atoms with Crippen molar-refractivity contribution in [1.82, 2.24) is 14.9 Å². The summed E-state index contributed by atoms with van der Waals surface area (Å²) in [6.45, 7) is 1.03. The van der Waals surface area contributed by atoms with Crippen LogP contribution in [0, 0.1) is 5.41 Å². The van der Waals surface area contributed by atoms with Gasteiger partial charge in [0.15, 0.2) is 0 Å². The number of H-pyrrole nitrogens is 1. The predicted molar refractivity (Wildman–Crippen MR) is 150 cm³/mol. The van der Waals surface area contributed by atoms with Crippen molar-refractivity contribution in [2.24, 2.45) is 5.41 Å².